The molecule has 5 heteroatoms. The lowest BCUT2D eigenvalue weighted by Gasteiger charge is -2.05. The van der Waals surface area contributed by atoms with Crippen molar-refractivity contribution in [3.8, 4) is 0 Å². The quantitative estimate of drug-likeness (QED) is 0.816. The average Bonchev–Trinajstić information content (AvgIpc) is 2.59. The molecule has 0 amide bonds. The number of hydrogen-bond donors (Lipinski definition) is 1. The number of aromatic nitrogens is 2. The van der Waals surface area contributed by atoms with Crippen LogP contribution < -0.4 is 0 Å². The number of carboxylic acids is 1. The van der Waals surface area contributed by atoms with Gasteiger partial charge in [-0.1, -0.05) is 0 Å². The summed E-state index contributed by atoms with van der Waals surface area (Å²) in [5.74, 6) is -2.08. The SMILES string of the molecule is CC(C(=O)O)c1cnc2ccc(F)cn12. The third kappa shape index (κ3) is 1.56. The van der Waals surface area contributed by atoms with Gasteiger partial charge in [-0.05, 0) is 19.1 Å². The van der Waals surface area contributed by atoms with Crippen molar-refractivity contribution in [2.24, 2.45) is 0 Å². The van der Waals surface area contributed by atoms with Crippen LogP contribution in [0.25, 0.3) is 5.65 Å². The lowest BCUT2D eigenvalue weighted by atomic mass is 10.1. The molecule has 2 aromatic heterocycles. The molecule has 2 heterocycles. The molecule has 15 heavy (non-hydrogen) atoms. The predicted molar refractivity (Wildman–Crippen MR) is 51.2 cm³/mol. The van der Waals surface area contributed by atoms with Crippen molar-refractivity contribution in [2.75, 3.05) is 0 Å². The number of fused-ring (bicyclic) bond motifs is 1. The van der Waals surface area contributed by atoms with E-state index in [9.17, 15) is 9.18 Å². The fourth-order valence-electron chi connectivity index (χ4n) is 1.42. The van der Waals surface area contributed by atoms with E-state index < -0.39 is 17.7 Å². The summed E-state index contributed by atoms with van der Waals surface area (Å²) >= 11 is 0. The summed E-state index contributed by atoms with van der Waals surface area (Å²) in [7, 11) is 0. The third-order valence-electron chi connectivity index (χ3n) is 2.31. The number of hydrogen-bond acceptors (Lipinski definition) is 2. The fourth-order valence-corrected chi connectivity index (χ4v) is 1.42. The molecule has 0 bridgehead atoms. The van der Waals surface area contributed by atoms with Crippen molar-refractivity contribution >= 4 is 11.6 Å². The Hall–Kier alpha value is -1.91. The van der Waals surface area contributed by atoms with E-state index >= 15 is 0 Å². The minimum Gasteiger partial charge on any atom is -0.481 e. The molecule has 0 radical (unpaired) electrons. The van der Waals surface area contributed by atoms with Crippen LogP contribution in [0.5, 0.6) is 0 Å². The van der Waals surface area contributed by atoms with E-state index in [4.69, 9.17) is 5.11 Å². The van der Waals surface area contributed by atoms with Crippen LogP contribution in [0.15, 0.2) is 24.5 Å². The summed E-state index contributed by atoms with van der Waals surface area (Å²) in [5.41, 5.74) is 1.01. The summed E-state index contributed by atoms with van der Waals surface area (Å²) in [4.78, 5) is 14.8. The third-order valence-corrected chi connectivity index (χ3v) is 2.31. The van der Waals surface area contributed by atoms with Gasteiger partial charge in [-0.25, -0.2) is 9.37 Å². The van der Waals surface area contributed by atoms with Crippen molar-refractivity contribution in [3.63, 3.8) is 0 Å². The zero-order valence-corrected chi connectivity index (χ0v) is 8.01. The van der Waals surface area contributed by atoms with Crippen LogP contribution in [-0.2, 0) is 4.79 Å². The first-order chi connectivity index (χ1) is 7.09. The molecule has 78 valence electrons. The molecule has 1 unspecified atom stereocenters. The van der Waals surface area contributed by atoms with Crippen LogP contribution in [0.1, 0.15) is 18.5 Å². The van der Waals surface area contributed by atoms with Gasteiger partial charge in [-0.2, -0.15) is 0 Å². The van der Waals surface area contributed by atoms with Gasteiger partial charge in [-0.15, -0.1) is 0 Å². The molecule has 0 fully saturated rings. The van der Waals surface area contributed by atoms with Gasteiger partial charge in [0.1, 0.15) is 11.5 Å². The van der Waals surface area contributed by atoms with Gasteiger partial charge in [0.2, 0.25) is 0 Å². The lowest BCUT2D eigenvalue weighted by molar-refractivity contribution is -0.138. The molecule has 4 nitrogen and oxygen atoms in total. The highest BCUT2D eigenvalue weighted by atomic mass is 19.1. The smallest absolute Gasteiger partial charge is 0.312 e. The maximum Gasteiger partial charge on any atom is 0.312 e. The molecule has 0 aliphatic carbocycles. The molecule has 0 aromatic carbocycles. The van der Waals surface area contributed by atoms with E-state index in [-0.39, 0.29) is 0 Å². The summed E-state index contributed by atoms with van der Waals surface area (Å²) in [5, 5.41) is 8.85. The van der Waals surface area contributed by atoms with Crippen LogP contribution in [0.4, 0.5) is 4.39 Å². The number of aliphatic carboxylic acids is 1. The average molecular weight is 208 g/mol. The zero-order chi connectivity index (χ0) is 11.0. The van der Waals surface area contributed by atoms with E-state index in [0.717, 1.165) is 0 Å². The Kier molecular flexibility index (Phi) is 2.15. The number of carbonyl (C=O) groups is 1. The van der Waals surface area contributed by atoms with E-state index in [1.54, 1.807) is 0 Å². The van der Waals surface area contributed by atoms with Crippen LogP contribution in [0.2, 0.25) is 0 Å². The number of nitrogens with zero attached hydrogens (tertiary/aromatic N) is 2. The first-order valence-electron chi connectivity index (χ1n) is 4.45. The first-order valence-corrected chi connectivity index (χ1v) is 4.45. The second-order valence-corrected chi connectivity index (χ2v) is 3.32. The highest BCUT2D eigenvalue weighted by Gasteiger charge is 2.17. The molecule has 2 aromatic rings. The number of halogens is 1. The number of imidazole rings is 1. The van der Waals surface area contributed by atoms with E-state index in [2.05, 4.69) is 4.98 Å². The van der Waals surface area contributed by atoms with Gasteiger partial charge < -0.3 is 9.51 Å². The van der Waals surface area contributed by atoms with Gasteiger partial charge in [0.05, 0.1) is 17.8 Å². The fraction of sp³-hybridized carbons (Fsp3) is 0.200. The summed E-state index contributed by atoms with van der Waals surface area (Å²) in [6.07, 6.45) is 2.69. The molecule has 0 aliphatic heterocycles. The molecule has 0 spiro atoms. The minimum absolute atomic E-state index is 0.417. The van der Waals surface area contributed by atoms with E-state index in [1.807, 2.05) is 0 Å². The van der Waals surface area contributed by atoms with Gasteiger partial charge in [0.25, 0.3) is 0 Å². The number of carboxylic acid groups (broad SMARTS) is 1. The standard InChI is InChI=1S/C10H9FN2O2/c1-6(10(14)15)8-4-12-9-3-2-7(11)5-13(8)9/h2-6H,1H3,(H,14,15). The Balaban J connectivity index is 2.61. The Morgan fingerprint density at radius 2 is 2.33 bits per heavy atom. The Bertz CT molecular complexity index is 521. The van der Waals surface area contributed by atoms with Gasteiger partial charge in [0.15, 0.2) is 0 Å². The van der Waals surface area contributed by atoms with Crippen LogP contribution in [0.3, 0.4) is 0 Å². The maximum absolute atomic E-state index is 13.0. The molecule has 1 atom stereocenters. The largest absolute Gasteiger partial charge is 0.481 e. The van der Waals surface area contributed by atoms with Crippen LogP contribution in [-0.4, -0.2) is 20.5 Å². The molecular weight excluding hydrogens is 199 g/mol. The molecule has 0 saturated heterocycles. The number of pyridine rings is 1. The molecule has 0 aliphatic rings. The second-order valence-electron chi connectivity index (χ2n) is 3.32. The Labute approximate surface area is 85.0 Å². The van der Waals surface area contributed by atoms with Crippen LogP contribution in [0, 0.1) is 5.82 Å². The second kappa shape index (κ2) is 3.34. The lowest BCUT2D eigenvalue weighted by Crippen LogP contribution is -2.09. The predicted octanol–water partition coefficient (Wildman–Crippen LogP) is 1.66. The normalized spacial score (nSPS) is 12.9. The van der Waals surface area contributed by atoms with Crippen molar-refractivity contribution in [3.05, 3.63) is 36.0 Å². The van der Waals surface area contributed by atoms with Crippen LogP contribution >= 0.6 is 0 Å². The van der Waals surface area contributed by atoms with E-state index in [0.29, 0.717) is 11.3 Å². The van der Waals surface area contributed by atoms with Gasteiger partial charge >= 0.3 is 5.97 Å². The van der Waals surface area contributed by atoms with Gasteiger partial charge in [-0.3, -0.25) is 4.79 Å². The van der Waals surface area contributed by atoms with Gasteiger partial charge in [0, 0.05) is 6.20 Å². The van der Waals surface area contributed by atoms with E-state index in [1.165, 1.54) is 35.9 Å². The Morgan fingerprint density at radius 1 is 1.60 bits per heavy atom. The highest BCUT2D eigenvalue weighted by molar-refractivity contribution is 5.75. The highest BCUT2D eigenvalue weighted by Crippen LogP contribution is 2.17. The maximum atomic E-state index is 13.0. The van der Waals surface area contributed by atoms with Crippen molar-refractivity contribution in [1.82, 2.24) is 9.38 Å². The molecule has 1 N–H and O–H groups in total. The number of rotatable bonds is 2. The summed E-state index contributed by atoms with van der Waals surface area (Å²) in [6, 6.07) is 2.80. The molecule has 2 rings (SSSR count). The molecule has 0 saturated carbocycles. The first kappa shape index (κ1) is 9.64. The Morgan fingerprint density at radius 3 is 3.00 bits per heavy atom. The summed E-state index contributed by atoms with van der Waals surface area (Å²) < 4.78 is 14.4. The monoisotopic (exact) mass is 208 g/mol. The minimum atomic E-state index is -0.957. The topological polar surface area (TPSA) is 54.6 Å². The van der Waals surface area contributed by atoms with Crippen molar-refractivity contribution < 1.29 is 14.3 Å². The zero-order valence-electron chi connectivity index (χ0n) is 8.01. The molecular formula is C10H9FN2O2. The van der Waals surface area contributed by atoms with Crippen molar-refractivity contribution in [1.29, 1.82) is 0 Å². The van der Waals surface area contributed by atoms with Crippen molar-refractivity contribution in [2.45, 2.75) is 12.8 Å². The summed E-state index contributed by atoms with van der Waals surface area (Å²) in [6.45, 7) is 1.54.